The second-order valence-electron chi connectivity index (χ2n) is 3.23. The molecule has 0 heterocycles. The van der Waals surface area contributed by atoms with E-state index in [2.05, 4.69) is 0 Å². The molecule has 0 aromatic carbocycles. The van der Waals surface area contributed by atoms with E-state index >= 15 is 0 Å². The number of carbonyl (C=O) groups is 1. The van der Waals surface area contributed by atoms with Crippen molar-refractivity contribution in [3.8, 4) is 0 Å². The fourth-order valence-corrected chi connectivity index (χ4v) is 1.57. The van der Waals surface area contributed by atoms with Gasteiger partial charge < -0.3 is 10.8 Å². The van der Waals surface area contributed by atoms with E-state index in [9.17, 15) is 4.79 Å². The number of hydrogen-bond donors (Lipinski definition) is 2. The molecular formula is C6H9NO2. The summed E-state index contributed by atoms with van der Waals surface area (Å²) in [7, 11) is 0. The maximum Gasteiger partial charge on any atom is 0.324 e. The maximum atomic E-state index is 10.4. The molecule has 50 valence electrons. The lowest BCUT2D eigenvalue weighted by molar-refractivity contribution is -0.140. The molecule has 3 nitrogen and oxygen atoms in total. The van der Waals surface area contributed by atoms with Crippen molar-refractivity contribution < 1.29 is 9.90 Å². The van der Waals surface area contributed by atoms with Gasteiger partial charge in [0.1, 0.15) is 5.54 Å². The average Bonchev–Trinajstić information content (AvgIpc) is 2.56. The van der Waals surface area contributed by atoms with Crippen LogP contribution in [0, 0.1) is 5.41 Å². The van der Waals surface area contributed by atoms with Gasteiger partial charge >= 0.3 is 5.97 Å². The van der Waals surface area contributed by atoms with Crippen molar-refractivity contribution in [2.24, 2.45) is 11.1 Å². The van der Waals surface area contributed by atoms with E-state index in [1.807, 2.05) is 0 Å². The number of nitrogens with two attached hydrogens (primary N) is 1. The number of carboxylic acids is 1. The number of aliphatic carboxylic acids is 1. The fraction of sp³-hybridized carbons (Fsp3) is 0.833. The second-order valence-corrected chi connectivity index (χ2v) is 3.23. The summed E-state index contributed by atoms with van der Waals surface area (Å²) in [6, 6.07) is 0. The molecular weight excluding hydrogens is 118 g/mol. The Kier molecular flexibility index (Phi) is 0.588. The van der Waals surface area contributed by atoms with Crippen molar-refractivity contribution in [2.45, 2.75) is 24.8 Å². The number of hydrogen-bond acceptors (Lipinski definition) is 2. The van der Waals surface area contributed by atoms with Gasteiger partial charge in [-0.25, -0.2) is 0 Å². The van der Waals surface area contributed by atoms with Gasteiger partial charge in [0, 0.05) is 5.41 Å². The van der Waals surface area contributed by atoms with E-state index in [0.717, 1.165) is 12.8 Å². The topological polar surface area (TPSA) is 63.3 Å². The molecule has 2 aliphatic rings. The van der Waals surface area contributed by atoms with E-state index in [1.165, 1.54) is 0 Å². The molecule has 1 unspecified atom stereocenters. The van der Waals surface area contributed by atoms with Gasteiger partial charge in [-0.1, -0.05) is 0 Å². The number of carboxylic acid groups (broad SMARTS) is 1. The average molecular weight is 127 g/mol. The fourth-order valence-electron chi connectivity index (χ4n) is 1.57. The minimum absolute atomic E-state index is 0.0544. The minimum Gasteiger partial charge on any atom is -0.480 e. The van der Waals surface area contributed by atoms with Crippen LogP contribution >= 0.6 is 0 Å². The van der Waals surface area contributed by atoms with Crippen LogP contribution < -0.4 is 5.73 Å². The predicted molar refractivity (Wildman–Crippen MR) is 30.8 cm³/mol. The lowest BCUT2D eigenvalue weighted by Gasteiger charge is -2.00. The Bertz CT molecular complexity index is 185. The zero-order valence-corrected chi connectivity index (χ0v) is 5.05. The smallest absolute Gasteiger partial charge is 0.324 e. The summed E-state index contributed by atoms with van der Waals surface area (Å²) in [6.45, 7) is 0. The third-order valence-corrected chi connectivity index (χ3v) is 2.67. The van der Waals surface area contributed by atoms with E-state index in [0.29, 0.717) is 6.42 Å². The Morgan fingerprint density at radius 3 is 2.22 bits per heavy atom. The van der Waals surface area contributed by atoms with Crippen molar-refractivity contribution >= 4 is 5.97 Å². The third kappa shape index (κ3) is 0.399. The molecule has 0 bridgehead atoms. The van der Waals surface area contributed by atoms with Crippen molar-refractivity contribution in [3.63, 3.8) is 0 Å². The summed E-state index contributed by atoms with van der Waals surface area (Å²) in [6.07, 6.45) is 2.75. The molecule has 0 aromatic heterocycles. The lowest BCUT2D eigenvalue weighted by atomic mass is 10.2. The van der Waals surface area contributed by atoms with E-state index in [-0.39, 0.29) is 5.41 Å². The predicted octanol–water partition coefficient (Wildman–Crippen LogP) is -0.0476. The summed E-state index contributed by atoms with van der Waals surface area (Å²) in [4.78, 5) is 10.4. The standard InChI is InChI=1S/C6H9NO2/c7-6(4(8)9)3-5(6)1-2-5/h1-3,7H2,(H,8,9). The van der Waals surface area contributed by atoms with Crippen LogP contribution in [0.25, 0.3) is 0 Å². The first-order valence-corrected chi connectivity index (χ1v) is 3.13. The van der Waals surface area contributed by atoms with Crippen LogP contribution in [0.5, 0.6) is 0 Å². The van der Waals surface area contributed by atoms with Crippen LogP contribution in [-0.4, -0.2) is 16.6 Å². The van der Waals surface area contributed by atoms with Crippen molar-refractivity contribution in [1.29, 1.82) is 0 Å². The van der Waals surface area contributed by atoms with Crippen LogP contribution in [0.3, 0.4) is 0 Å². The zero-order chi connectivity index (χ0) is 6.70. The van der Waals surface area contributed by atoms with Gasteiger partial charge in [-0.15, -0.1) is 0 Å². The maximum absolute atomic E-state index is 10.4. The third-order valence-electron chi connectivity index (χ3n) is 2.67. The van der Waals surface area contributed by atoms with Gasteiger partial charge in [0.2, 0.25) is 0 Å². The monoisotopic (exact) mass is 127 g/mol. The molecule has 3 heteroatoms. The molecule has 2 saturated carbocycles. The first kappa shape index (κ1) is 5.23. The van der Waals surface area contributed by atoms with Crippen LogP contribution in [0.4, 0.5) is 0 Å². The number of rotatable bonds is 1. The molecule has 0 aliphatic heterocycles. The molecule has 0 aromatic rings. The Balaban J connectivity index is 2.21. The second kappa shape index (κ2) is 1.01. The highest BCUT2D eigenvalue weighted by Gasteiger charge is 2.76. The summed E-state index contributed by atoms with van der Waals surface area (Å²) in [5, 5.41) is 8.56. The summed E-state index contributed by atoms with van der Waals surface area (Å²) >= 11 is 0. The van der Waals surface area contributed by atoms with E-state index in [4.69, 9.17) is 10.8 Å². The zero-order valence-electron chi connectivity index (χ0n) is 5.05. The SMILES string of the molecule is NC1(C(=O)O)CC12CC2. The Labute approximate surface area is 52.8 Å². The molecule has 3 N–H and O–H groups in total. The van der Waals surface area contributed by atoms with Crippen LogP contribution in [0.2, 0.25) is 0 Å². The van der Waals surface area contributed by atoms with Crippen LogP contribution in [0.15, 0.2) is 0 Å². The van der Waals surface area contributed by atoms with Gasteiger partial charge in [-0.05, 0) is 19.3 Å². The summed E-state index contributed by atoms with van der Waals surface area (Å²) < 4.78 is 0. The molecule has 1 spiro atoms. The highest BCUT2D eigenvalue weighted by atomic mass is 16.4. The van der Waals surface area contributed by atoms with Crippen molar-refractivity contribution in [3.05, 3.63) is 0 Å². The molecule has 1 atom stereocenters. The molecule has 0 saturated heterocycles. The summed E-state index contributed by atoms with van der Waals surface area (Å²) in [5.41, 5.74) is 4.76. The highest BCUT2D eigenvalue weighted by Crippen LogP contribution is 2.71. The molecule has 2 aliphatic carbocycles. The van der Waals surface area contributed by atoms with Crippen molar-refractivity contribution in [1.82, 2.24) is 0 Å². The first-order chi connectivity index (χ1) is 4.11. The quantitative estimate of drug-likeness (QED) is 0.519. The van der Waals surface area contributed by atoms with E-state index < -0.39 is 11.5 Å². The Morgan fingerprint density at radius 1 is 1.56 bits per heavy atom. The summed E-state index contributed by atoms with van der Waals surface area (Å²) in [5.74, 6) is -0.819. The molecule has 2 fully saturated rings. The van der Waals surface area contributed by atoms with Crippen molar-refractivity contribution in [2.75, 3.05) is 0 Å². The molecule has 0 radical (unpaired) electrons. The minimum atomic E-state index is -0.826. The molecule has 9 heavy (non-hydrogen) atoms. The normalized spacial score (nSPS) is 42.8. The molecule has 2 rings (SSSR count). The Hall–Kier alpha value is -0.570. The van der Waals surface area contributed by atoms with Gasteiger partial charge in [-0.3, -0.25) is 4.79 Å². The highest BCUT2D eigenvalue weighted by molar-refractivity contribution is 5.85. The van der Waals surface area contributed by atoms with Gasteiger partial charge in [-0.2, -0.15) is 0 Å². The lowest BCUT2D eigenvalue weighted by Crippen LogP contribution is -2.35. The van der Waals surface area contributed by atoms with Crippen LogP contribution in [0.1, 0.15) is 19.3 Å². The Morgan fingerprint density at radius 2 is 2.11 bits per heavy atom. The van der Waals surface area contributed by atoms with Gasteiger partial charge in [0.15, 0.2) is 0 Å². The van der Waals surface area contributed by atoms with Gasteiger partial charge in [0.25, 0.3) is 0 Å². The first-order valence-electron chi connectivity index (χ1n) is 3.13. The largest absolute Gasteiger partial charge is 0.480 e. The van der Waals surface area contributed by atoms with Crippen LogP contribution in [-0.2, 0) is 4.79 Å². The van der Waals surface area contributed by atoms with Gasteiger partial charge in [0.05, 0.1) is 0 Å². The van der Waals surface area contributed by atoms with E-state index in [1.54, 1.807) is 0 Å². The molecule has 0 amide bonds.